The largest absolute Gasteiger partial charge is 0.493 e. The lowest BCUT2D eigenvalue weighted by atomic mass is 10.1. The Morgan fingerprint density at radius 1 is 1.27 bits per heavy atom. The number of aliphatic carboxylic acids is 1. The highest BCUT2D eigenvalue weighted by Gasteiger charge is 2.37. The maximum Gasteiger partial charge on any atom is 0.341 e. The average Bonchev–Trinajstić information content (AvgIpc) is 3.00. The van der Waals surface area contributed by atoms with Crippen molar-refractivity contribution in [3.63, 3.8) is 0 Å². The predicted molar refractivity (Wildman–Crippen MR) is 106 cm³/mol. The van der Waals surface area contributed by atoms with Gasteiger partial charge in [0.1, 0.15) is 6.54 Å². The van der Waals surface area contributed by atoms with Gasteiger partial charge >= 0.3 is 5.97 Å². The fourth-order valence-electron chi connectivity index (χ4n) is 2.92. The number of imide groups is 1. The highest BCUT2D eigenvalue weighted by Crippen LogP contribution is 2.37. The van der Waals surface area contributed by atoms with E-state index in [-0.39, 0.29) is 28.9 Å². The SMILES string of the molecule is COc1cccc(/C=C2/SC(=O)N(CC(=O)N3CCOCC3)C2=O)c1OCC(=O)O. The van der Waals surface area contributed by atoms with Crippen LogP contribution >= 0.6 is 11.8 Å². The lowest BCUT2D eigenvalue weighted by Crippen LogP contribution is -2.46. The lowest BCUT2D eigenvalue weighted by Gasteiger charge is -2.28. The summed E-state index contributed by atoms with van der Waals surface area (Å²) in [6, 6.07) is 4.83. The first-order valence-electron chi connectivity index (χ1n) is 9.03. The predicted octanol–water partition coefficient (Wildman–Crippen LogP) is 1.05. The standard InChI is InChI=1S/C19H20N2O8S/c1-27-13-4-2-3-12(17(13)29-11-16(23)24)9-14-18(25)21(19(26)30-14)10-15(22)20-5-7-28-8-6-20/h2-4,9H,5-8,10-11H2,1H3,(H,23,24)/b14-9+. The molecule has 2 heterocycles. The van der Waals surface area contributed by atoms with Crippen LogP contribution < -0.4 is 9.47 Å². The number of carbonyl (C=O) groups is 4. The summed E-state index contributed by atoms with van der Waals surface area (Å²) in [5, 5.41) is 8.33. The molecule has 3 amide bonds. The molecule has 3 rings (SSSR count). The number of thioether (sulfide) groups is 1. The zero-order chi connectivity index (χ0) is 21.7. The molecular weight excluding hydrogens is 416 g/mol. The first-order chi connectivity index (χ1) is 14.4. The van der Waals surface area contributed by atoms with Crippen molar-refractivity contribution in [2.24, 2.45) is 0 Å². The minimum atomic E-state index is -1.17. The number of morpholine rings is 1. The van der Waals surface area contributed by atoms with Crippen LogP contribution in [0.15, 0.2) is 23.1 Å². The minimum absolute atomic E-state index is 0.100. The van der Waals surface area contributed by atoms with Gasteiger partial charge in [-0.05, 0) is 23.9 Å². The molecule has 1 aromatic rings. The van der Waals surface area contributed by atoms with Crippen LogP contribution in [0.5, 0.6) is 11.5 Å². The molecule has 2 aliphatic heterocycles. The number of hydrogen-bond acceptors (Lipinski definition) is 8. The molecule has 11 heteroatoms. The Morgan fingerprint density at radius 2 is 2.00 bits per heavy atom. The molecule has 2 aliphatic rings. The number of carboxylic acids is 1. The van der Waals surface area contributed by atoms with E-state index < -0.39 is 23.7 Å². The van der Waals surface area contributed by atoms with Gasteiger partial charge in [0, 0.05) is 18.7 Å². The summed E-state index contributed by atoms with van der Waals surface area (Å²) in [5.41, 5.74) is 0.376. The van der Waals surface area contributed by atoms with Gasteiger partial charge in [-0.25, -0.2) is 4.79 Å². The van der Waals surface area contributed by atoms with Crippen LogP contribution in [0.25, 0.3) is 6.08 Å². The monoisotopic (exact) mass is 436 g/mol. The maximum atomic E-state index is 12.7. The number of carbonyl (C=O) groups excluding carboxylic acids is 3. The Labute approximate surface area is 176 Å². The maximum absolute atomic E-state index is 12.7. The van der Waals surface area contributed by atoms with Gasteiger partial charge in [0.05, 0.1) is 25.2 Å². The zero-order valence-electron chi connectivity index (χ0n) is 16.2. The molecule has 0 radical (unpaired) electrons. The van der Waals surface area contributed by atoms with Crippen molar-refractivity contribution < 1.29 is 38.5 Å². The highest BCUT2D eigenvalue weighted by atomic mass is 32.2. The smallest absolute Gasteiger partial charge is 0.341 e. The Hall–Kier alpha value is -3.05. The third-order valence-electron chi connectivity index (χ3n) is 4.39. The molecule has 0 aromatic heterocycles. The molecule has 0 spiro atoms. The van der Waals surface area contributed by atoms with E-state index in [0.29, 0.717) is 43.6 Å². The lowest BCUT2D eigenvalue weighted by molar-refractivity contribution is -0.139. The number of benzene rings is 1. The number of nitrogens with zero attached hydrogens (tertiary/aromatic N) is 2. The number of hydrogen-bond donors (Lipinski definition) is 1. The van der Waals surface area contributed by atoms with Crippen LogP contribution in [0.2, 0.25) is 0 Å². The summed E-state index contributed by atoms with van der Waals surface area (Å²) >= 11 is 0.702. The Morgan fingerprint density at radius 3 is 2.67 bits per heavy atom. The fraction of sp³-hybridized carbons (Fsp3) is 0.368. The van der Waals surface area contributed by atoms with Gasteiger partial charge in [-0.2, -0.15) is 0 Å². The molecule has 0 saturated carbocycles. The minimum Gasteiger partial charge on any atom is -0.493 e. The van der Waals surface area contributed by atoms with Crippen LogP contribution in [0.4, 0.5) is 4.79 Å². The molecule has 0 aliphatic carbocycles. The van der Waals surface area contributed by atoms with Gasteiger partial charge in [0.2, 0.25) is 5.91 Å². The van der Waals surface area contributed by atoms with Crippen LogP contribution in [-0.4, -0.2) is 84.5 Å². The highest BCUT2D eigenvalue weighted by molar-refractivity contribution is 8.18. The van der Waals surface area contributed by atoms with E-state index in [0.717, 1.165) is 4.90 Å². The van der Waals surface area contributed by atoms with Crippen LogP contribution in [0, 0.1) is 0 Å². The van der Waals surface area contributed by atoms with E-state index in [4.69, 9.17) is 19.3 Å². The van der Waals surface area contributed by atoms with Crippen molar-refractivity contribution in [1.29, 1.82) is 0 Å². The fourth-order valence-corrected chi connectivity index (χ4v) is 3.75. The van der Waals surface area contributed by atoms with Crippen molar-refractivity contribution in [3.8, 4) is 11.5 Å². The second-order valence-electron chi connectivity index (χ2n) is 6.32. The molecule has 160 valence electrons. The summed E-state index contributed by atoms with van der Waals surface area (Å²) in [6.07, 6.45) is 1.42. The molecule has 0 atom stereocenters. The second-order valence-corrected chi connectivity index (χ2v) is 7.32. The Bertz CT molecular complexity index is 895. The summed E-state index contributed by atoms with van der Waals surface area (Å²) in [5.74, 6) is -1.67. The summed E-state index contributed by atoms with van der Waals surface area (Å²) < 4.78 is 15.7. The molecular formula is C19H20N2O8S. The second kappa shape index (κ2) is 9.63. The van der Waals surface area contributed by atoms with E-state index >= 15 is 0 Å². The van der Waals surface area contributed by atoms with Crippen molar-refractivity contribution in [1.82, 2.24) is 9.80 Å². The van der Waals surface area contributed by atoms with Crippen LogP contribution in [0.1, 0.15) is 5.56 Å². The van der Waals surface area contributed by atoms with E-state index in [1.54, 1.807) is 23.1 Å². The van der Waals surface area contributed by atoms with Crippen LogP contribution in [0.3, 0.4) is 0 Å². The summed E-state index contributed by atoms with van der Waals surface area (Å²) in [6.45, 7) is 0.724. The van der Waals surface area contributed by atoms with Crippen molar-refractivity contribution in [2.45, 2.75) is 0 Å². The normalized spacial score (nSPS) is 18.1. The number of amides is 3. The van der Waals surface area contributed by atoms with Gasteiger partial charge in [-0.1, -0.05) is 12.1 Å². The van der Waals surface area contributed by atoms with E-state index in [9.17, 15) is 19.2 Å². The van der Waals surface area contributed by atoms with Gasteiger partial charge in [0.25, 0.3) is 11.1 Å². The molecule has 0 unspecified atom stereocenters. The van der Waals surface area contributed by atoms with Crippen molar-refractivity contribution >= 4 is 40.9 Å². The topological polar surface area (TPSA) is 123 Å². The first-order valence-corrected chi connectivity index (χ1v) is 9.85. The molecule has 30 heavy (non-hydrogen) atoms. The number of methoxy groups -OCH3 is 1. The zero-order valence-corrected chi connectivity index (χ0v) is 17.0. The number of carboxylic acid groups (broad SMARTS) is 1. The van der Waals surface area contributed by atoms with E-state index in [2.05, 4.69) is 0 Å². The third kappa shape index (κ3) is 4.92. The van der Waals surface area contributed by atoms with Gasteiger partial charge in [-0.15, -0.1) is 0 Å². The molecule has 1 N–H and O–H groups in total. The molecule has 2 fully saturated rings. The average molecular weight is 436 g/mol. The van der Waals surface area contributed by atoms with Crippen molar-refractivity contribution in [2.75, 3.05) is 46.6 Å². The van der Waals surface area contributed by atoms with Gasteiger partial charge in [-0.3, -0.25) is 19.3 Å². The van der Waals surface area contributed by atoms with Gasteiger partial charge in [0.15, 0.2) is 18.1 Å². The Kier molecular flexibility index (Phi) is 6.95. The number of rotatable bonds is 7. The molecule has 1 aromatic carbocycles. The van der Waals surface area contributed by atoms with Crippen molar-refractivity contribution in [3.05, 3.63) is 28.7 Å². The van der Waals surface area contributed by atoms with Crippen LogP contribution in [-0.2, 0) is 19.1 Å². The Balaban J connectivity index is 1.79. The molecule has 10 nitrogen and oxygen atoms in total. The number of ether oxygens (including phenoxy) is 3. The third-order valence-corrected chi connectivity index (χ3v) is 5.29. The number of para-hydroxylation sites is 1. The van der Waals surface area contributed by atoms with E-state index in [1.807, 2.05) is 0 Å². The summed E-state index contributed by atoms with van der Waals surface area (Å²) in [7, 11) is 1.40. The first kappa shape index (κ1) is 21.7. The quantitative estimate of drug-likeness (QED) is 0.625. The summed E-state index contributed by atoms with van der Waals surface area (Å²) in [4.78, 5) is 50.9. The van der Waals surface area contributed by atoms with E-state index in [1.165, 1.54) is 13.2 Å². The van der Waals surface area contributed by atoms with Gasteiger partial charge < -0.3 is 24.2 Å². The molecule has 2 saturated heterocycles. The molecule has 0 bridgehead atoms.